The van der Waals surface area contributed by atoms with E-state index in [2.05, 4.69) is 0 Å². The zero-order chi connectivity index (χ0) is 17.3. The number of fused-ring (bicyclic) bond motifs is 1. The molecule has 0 spiro atoms. The monoisotopic (exact) mass is 351 g/mol. The van der Waals surface area contributed by atoms with Gasteiger partial charge < -0.3 is 10.6 Å². The van der Waals surface area contributed by atoms with Gasteiger partial charge >= 0.3 is 0 Å². The van der Waals surface area contributed by atoms with E-state index in [1.54, 1.807) is 21.3 Å². The molecule has 1 fully saturated rings. The number of benzene rings is 1. The molecular weight excluding hydrogens is 326 g/mol. The van der Waals surface area contributed by atoms with Gasteiger partial charge in [-0.25, -0.2) is 8.42 Å². The molecule has 0 radical (unpaired) electrons. The summed E-state index contributed by atoms with van der Waals surface area (Å²) in [6, 6.07) is 5.15. The lowest BCUT2D eigenvalue weighted by molar-refractivity contribution is -0.116. The summed E-state index contributed by atoms with van der Waals surface area (Å²) in [6.45, 7) is 3.16. The van der Waals surface area contributed by atoms with Gasteiger partial charge in [-0.15, -0.1) is 0 Å². The molecule has 2 aliphatic heterocycles. The fourth-order valence-electron chi connectivity index (χ4n) is 3.75. The van der Waals surface area contributed by atoms with Crippen LogP contribution >= 0.6 is 0 Å². The lowest BCUT2D eigenvalue weighted by atomic mass is 10.0. The van der Waals surface area contributed by atoms with Crippen LogP contribution in [0.15, 0.2) is 23.1 Å². The van der Waals surface area contributed by atoms with Crippen molar-refractivity contribution in [3.63, 3.8) is 0 Å². The molecular formula is C17H25N3O3S. The molecule has 0 bridgehead atoms. The van der Waals surface area contributed by atoms with Gasteiger partial charge in [0, 0.05) is 31.7 Å². The van der Waals surface area contributed by atoms with Gasteiger partial charge in [-0.1, -0.05) is 12.5 Å². The summed E-state index contributed by atoms with van der Waals surface area (Å²) in [5.74, 6) is -0.0534. The molecule has 6 nitrogen and oxygen atoms in total. The number of hydrogen-bond acceptors (Lipinski definition) is 4. The van der Waals surface area contributed by atoms with E-state index >= 15 is 0 Å². The van der Waals surface area contributed by atoms with E-state index in [-0.39, 0.29) is 16.8 Å². The minimum absolute atomic E-state index is 0.0223. The highest BCUT2D eigenvalue weighted by Gasteiger charge is 2.34. The Labute approximate surface area is 143 Å². The van der Waals surface area contributed by atoms with Gasteiger partial charge in [0.05, 0.1) is 4.90 Å². The van der Waals surface area contributed by atoms with Crippen molar-refractivity contribution in [2.75, 3.05) is 24.5 Å². The summed E-state index contributed by atoms with van der Waals surface area (Å²) in [4.78, 5) is 13.7. The number of anilines is 1. The van der Waals surface area contributed by atoms with E-state index < -0.39 is 10.0 Å². The van der Waals surface area contributed by atoms with Crippen LogP contribution in [0.25, 0.3) is 0 Å². The lowest BCUT2D eigenvalue weighted by Gasteiger charge is -2.34. The van der Waals surface area contributed by atoms with Crippen molar-refractivity contribution in [1.82, 2.24) is 4.31 Å². The molecule has 0 aliphatic carbocycles. The molecule has 2 heterocycles. The van der Waals surface area contributed by atoms with Crippen LogP contribution in [0.3, 0.4) is 0 Å². The van der Waals surface area contributed by atoms with Gasteiger partial charge in [-0.2, -0.15) is 4.31 Å². The second kappa shape index (κ2) is 6.82. The SMILES string of the molecule is CC(=O)N1CCc2ccc(S(=O)(=O)N3CCCCC3CCN)cc21. The van der Waals surface area contributed by atoms with E-state index in [1.165, 1.54) is 6.92 Å². The van der Waals surface area contributed by atoms with Crippen LogP contribution < -0.4 is 10.6 Å². The summed E-state index contributed by atoms with van der Waals surface area (Å²) in [6.07, 6.45) is 4.24. The van der Waals surface area contributed by atoms with Crippen LogP contribution in [0.5, 0.6) is 0 Å². The van der Waals surface area contributed by atoms with Gasteiger partial charge in [0.15, 0.2) is 0 Å². The molecule has 24 heavy (non-hydrogen) atoms. The number of amides is 1. The van der Waals surface area contributed by atoms with Crippen LogP contribution in [0.4, 0.5) is 5.69 Å². The third-order valence-corrected chi connectivity index (χ3v) is 6.96. The number of rotatable bonds is 4. The largest absolute Gasteiger partial charge is 0.330 e. The Balaban J connectivity index is 1.95. The number of sulfonamides is 1. The molecule has 0 aromatic heterocycles. The maximum absolute atomic E-state index is 13.1. The fourth-order valence-corrected chi connectivity index (χ4v) is 5.50. The van der Waals surface area contributed by atoms with Crippen molar-refractivity contribution < 1.29 is 13.2 Å². The summed E-state index contributed by atoms with van der Waals surface area (Å²) < 4.78 is 27.9. The van der Waals surface area contributed by atoms with Crippen molar-refractivity contribution >= 4 is 21.6 Å². The van der Waals surface area contributed by atoms with Crippen LogP contribution in [-0.4, -0.2) is 44.3 Å². The number of hydrogen-bond donors (Lipinski definition) is 1. The highest BCUT2D eigenvalue weighted by Crippen LogP contribution is 2.33. The quantitative estimate of drug-likeness (QED) is 0.891. The van der Waals surface area contributed by atoms with Gasteiger partial charge in [-0.05, 0) is 49.9 Å². The number of nitrogens with zero attached hydrogens (tertiary/aromatic N) is 2. The Morgan fingerprint density at radius 1 is 1.29 bits per heavy atom. The van der Waals surface area contributed by atoms with Crippen molar-refractivity contribution in [3.05, 3.63) is 23.8 Å². The summed E-state index contributed by atoms with van der Waals surface area (Å²) in [5.41, 5.74) is 7.42. The van der Waals surface area contributed by atoms with Crippen LogP contribution in [-0.2, 0) is 21.2 Å². The van der Waals surface area contributed by atoms with Crippen molar-refractivity contribution in [3.8, 4) is 0 Å². The Morgan fingerprint density at radius 3 is 2.79 bits per heavy atom. The molecule has 1 saturated heterocycles. The number of carbonyl (C=O) groups excluding carboxylic acids is 1. The van der Waals surface area contributed by atoms with E-state index in [0.717, 1.165) is 36.9 Å². The topological polar surface area (TPSA) is 83.7 Å². The molecule has 1 atom stereocenters. The smallest absolute Gasteiger partial charge is 0.243 e. The van der Waals surface area contributed by atoms with Gasteiger partial charge in [0.2, 0.25) is 15.9 Å². The van der Waals surface area contributed by atoms with Crippen molar-refractivity contribution in [2.24, 2.45) is 5.73 Å². The predicted molar refractivity (Wildman–Crippen MR) is 93.4 cm³/mol. The van der Waals surface area contributed by atoms with E-state index in [4.69, 9.17) is 5.73 Å². The van der Waals surface area contributed by atoms with Gasteiger partial charge in [0.1, 0.15) is 0 Å². The molecule has 132 valence electrons. The van der Waals surface area contributed by atoms with E-state index in [1.807, 2.05) is 6.07 Å². The molecule has 1 aromatic rings. The Hall–Kier alpha value is -1.44. The normalized spacial score (nSPS) is 21.8. The summed E-state index contributed by atoms with van der Waals surface area (Å²) in [7, 11) is -3.56. The Bertz CT molecular complexity index is 731. The maximum atomic E-state index is 13.1. The van der Waals surface area contributed by atoms with Crippen molar-refractivity contribution in [1.29, 1.82) is 0 Å². The van der Waals surface area contributed by atoms with E-state index in [0.29, 0.717) is 26.1 Å². The fraction of sp³-hybridized carbons (Fsp3) is 0.588. The highest BCUT2D eigenvalue weighted by molar-refractivity contribution is 7.89. The van der Waals surface area contributed by atoms with Crippen molar-refractivity contribution in [2.45, 2.75) is 50.0 Å². The highest BCUT2D eigenvalue weighted by atomic mass is 32.2. The number of nitrogens with two attached hydrogens (primary N) is 1. The van der Waals surface area contributed by atoms with E-state index in [9.17, 15) is 13.2 Å². The van der Waals surface area contributed by atoms with Gasteiger partial charge in [-0.3, -0.25) is 4.79 Å². The maximum Gasteiger partial charge on any atom is 0.243 e. The molecule has 2 N–H and O–H groups in total. The first-order chi connectivity index (χ1) is 11.4. The first kappa shape index (κ1) is 17.4. The number of piperidine rings is 1. The first-order valence-electron chi connectivity index (χ1n) is 8.58. The van der Waals surface area contributed by atoms with Gasteiger partial charge in [0.25, 0.3) is 0 Å². The lowest BCUT2D eigenvalue weighted by Crippen LogP contribution is -2.44. The molecule has 2 aliphatic rings. The van der Waals surface area contributed by atoms with Crippen LogP contribution in [0.2, 0.25) is 0 Å². The second-order valence-corrected chi connectivity index (χ2v) is 8.44. The zero-order valence-corrected chi connectivity index (χ0v) is 14.9. The number of carbonyl (C=O) groups is 1. The summed E-state index contributed by atoms with van der Waals surface area (Å²) in [5, 5.41) is 0. The minimum Gasteiger partial charge on any atom is -0.330 e. The van der Waals surface area contributed by atoms with Crippen LogP contribution in [0.1, 0.15) is 38.2 Å². The average Bonchev–Trinajstić information content (AvgIpc) is 2.99. The zero-order valence-electron chi connectivity index (χ0n) is 14.1. The molecule has 1 unspecified atom stereocenters. The Morgan fingerprint density at radius 2 is 2.08 bits per heavy atom. The second-order valence-electron chi connectivity index (χ2n) is 6.55. The Kier molecular flexibility index (Phi) is 4.94. The molecule has 3 rings (SSSR count). The molecule has 1 amide bonds. The average molecular weight is 351 g/mol. The molecule has 0 saturated carbocycles. The van der Waals surface area contributed by atoms with Crippen LogP contribution in [0, 0.1) is 0 Å². The first-order valence-corrected chi connectivity index (χ1v) is 10.0. The summed E-state index contributed by atoms with van der Waals surface area (Å²) >= 11 is 0. The third kappa shape index (κ3) is 3.08. The molecule has 7 heteroatoms. The minimum atomic E-state index is -3.56. The molecule has 1 aromatic carbocycles. The predicted octanol–water partition coefficient (Wildman–Crippen LogP) is 1.49. The third-order valence-electron chi connectivity index (χ3n) is 5.01. The standard InChI is InChI=1S/C17H25N3O3S/c1-13(21)19-11-8-14-5-6-16(12-17(14)19)24(22,23)20-10-3-2-4-15(20)7-9-18/h5-6,12,15H,2-4,7-11,18H2,1H3.